The number of amides is 1. The molecule has 0 aliphatic carbocycles. The minimum atomic E-state index is -0.550. The van der Waals surface area contributed by atoms with Gasteiger partial charge in [-0.25, -0.2) is 8.78 Å². The standard InChI is InChI=1S/C13H16F2N2O/c14-10-3-4-12(15)9(6-10)7-13(18)17-8-11-2-1-5-16-11/h3-4,6,11,16H,1-2,5,7-8H2,(H,17,18). The van der Waals surface area contributed by atoms with E-state index in [1.807, 2.05) is 0 Å². The fourth-order valence-corrected chi connectivity index (χ4v) is 2.08. The van der Waals surface area contributed by atoms with Gasteiger partial charge in [0.2, 0.25) is 5.91 Å². The highest BCUT2D eigenvalue weighted by molar-refractivity contribution is 5.78. The molecule has 0 radical (unpaired) electrons. The molecule has 18 heavy (non-hydrogen) atoms. The van der Waals surface area contributed by atoms with E-state index in [0.29, 0.717) is 12.6 Å². The molecule has 0 aromatic heterocycles. The molecule has 2 rings (SSSR count). The van der Waals surface area contributed by atoms with Crippen LogP contribution in [0.25, 0.3) is 0 Å². The molecule has 1 saturated heterocycles. The van der Waals surface area contributed by atoms with E-state index in [9.17, 15) is 13.6 Å². The molecule has 1 fully saturated rings. The monoisotopic (exact) mass is 254 g/mol. The molecule has 0 bridgehead atoms. The molecule has 2 N–H and O–H groups in total. The maximum atomic E-state index is 13.3. The molecule has 1 aromatic rings. The number of rotatable bonds is 4. The van der Waals surface area contributed by atoms with Gasteiger partial charge < -0.3 is 10.6 Å². The highest BCUT2D eigenvalue weighted by Crippen LogP contribution is 2.10. The second-order valence-electron chi connectivity index (χ2n) is 4.51. The molecular weight excluding hydrogens is 238 g/mol. The zero-order valence-corrected chi connectivity index (χ0v) is 10.0. The Bertz CT molecular complexity index is 431. The summed E-state index contributed by atoms with van der Waals surface area (Å²) in [6.07, 6.45) is 2.02. The minimum Gasteiger partial charge on any atom is -0.354 e. The molecule has 1 unspecified atom stereocenters. The third-order valence-corrected chi connectivity index (χ3v) is 3.07. The van der Waals surface area contributed by atoms with E-state index < -0.39 is 11.6 Å². The summed E-state index contributed by atoms with van der Waals surface area (Å²) < 4.78 is 26.2. The van der Waals surface area contributed by atoms with Gasteiger partial charge in [0.1, 0.15) is 11.6 Å². The summed E-state index contributed by atoms with van der Waals surface area (Å²) in [6, 6.07) is 3.43. The van der Waals surface area contributed by atoms with Crippen LogP contribution in [0.5, 0.6) is 0 Å². The van der Waals surface area contributed by atoms with Gasteiger partial charge >= 0.3 is 0 Å². The Balaban J connectivity index is 1.84. The summed E-state index contributed by atoms with van der Waals surface area (Å²) in [7, 11) is 0. The van der Waals surface area contributed by atoms with Crippen LogP contribution in [0, 0.1) is 11.6 Å². The van der Waals surface area contributed by atoms with Crippen molar-refractivity contribution in [2.45, 2.75) is 25.3 Å². The number of nitrogens with one attached hydrogen (secondary N) is 2. The van der Waals surface area contributed by atoms with Gasteiger partial charge in [0.15, 0.2) is 0 Å². The van der Waals surface area contributed by atoms with Gasteiger partial charge in [-0.3, -0.25) is 4.79 Å². The van der Waals surface area contributed by atoms with E-state index in [1.165, 1.54) is 0 Å². The molecule has 1 amide bonds. The molecule has 0 saturated carbocycles. The molecule has 0 spiro atoms. The van der Waals surface area contributed by atoms with E-state index in [-0.39, 0.29) is 17.9 Å². The van der Waals surface area contributed by atoms with Crippen LogP contribution in [0.1, 0.15) is 18.4 Å². The molecule has 1 aliphatic heterocycles. The van der Waals surface area contributed by atoms with Crippen molar-refractivity contribution < 1.29 is 13.6 Å². The third kappa shape index (κ3) is 3.50. The summed E-state index contributed by atoms with van der Waals surface area (Å²) in [5.41, 5.74) is 0.0897. The molecule has 1 aliphatic rings. The number of carbonyl (C=O) groups excluding carboxylic acids is 1. The lowest BCUT2D eigenvalue weighted by Crippen LogP contribution is -2.37. The first-order chi connectivity index (χ1) is 8.65. The van der Waals surface area contributed by atoms with Crippen molar-refractivity contribution in [3.8, 4) is 0 Å². The number of halogens is 2. The summed E-state index contributed by atoms with van der Waals surface area (Å²) in [4.78, 5) is 11.6. The fourth-order valence-electron chi connectivity index (χ4n) is 2.08. The van der Waals surface area contributed by atoms with Crippen LogP contribution in [0.2, 0.25) is 0 Å². The number of benzene rings is 1. The third-order valence-electron chi connectivity index (χ3n) is 3.07. The van der Waals surface area contributed by atoms with Crippen LogP contribution in [-0.4, -0.2) is 25.0 Å². The first-order valence-corrected chi connectivity index (χ1v) is 6.09. The Labute approximate surface area is 105 Å². The summed E-state index contributed by atoms with van der Waals surface area (Å²) in [6.45, 7) is 1.51. The van der Waals surface area contributed by atoms with E-state index in [1.54, 1.807) is 0 Å². The highest BCUT2D eigenvalue weighted by Gasteiger charge is 2.15. The van der Waals surface area contributed by atoms with E-state index in [0.717, 1.165) is 37.6 Å². The van der Waals surface area contributed by atoms with Crippen molar-refractivity contribution >= 4 is 5.91 Å². The zero-order valence-electron chi connectivity index (χ0n) is 10.0. The average Bonchev–Trinajstić information content (AvgIpc) is 2.84. The van der Waals surface area contributed by atoms with Gasteiger partial charge in [-0.15, -0.1) is 0 Å². The van der Waals surface area contributed by atoms with Crippen LogP contribution in [0.15, 0.2) is 18.2 Å². The maximum Gasteiger partial charge on any atom is 0.224 e. The Hall–Kier alpha value is -1.49. The van der Waals surface area contributed by atoms with E-state index in [2.05, 4.69) is 10.6 Å². The van der Waals surface area contributed by atoms with Crippen LogP contribution >= 0.6 is 0 Å². The summed E-state index contributed by atoms with van der Waals surface area (Å²) in [5, 5.41) is 5.98. The van der Waals surface area contributed by atoms with E-state index in [4.69, 9.17) is 0 Å². The number of hydrogen-bond donors (Lipinski definition) is 2. The number of hydrogen-bond acceptors (Lipinski definition) is 2. The second kappa shape index (κ2) is 5.91. The van der Waals surface area contributed by atoms with Gasteiger partial charge in [0, 0.05) is 18.2 Å². The highest BCUT2D eigenvalue weighted by atomic mass is 19.1. The Morgan fingerprint density at radius 2 is 2.28 bits per heavy atom. The average molecular weight is 254 g/mol. The van der Waals surface area contributed by atoms with Gasteiger partial charge in [0.05, 0.1) is 6.42 Å². The van der Waals surface area contributed by atoms with Crippen molar-refractivity contribution in [3.05, 3.63) is 35.4 Å². The molecule has 1 atom stereocenters. The molecule has 1 heterocycles. The molecule has 1 aromatic carbocycles. The maximum absolute atomic E-state index is 13.3. The zero-order chi connectivity index (χ0) is 13.0. The van der Waals surface area contributed by atoms with Crippen molar-refractivity contribution in [2.24, 2.45) is 0 Å². The first-order valence-electron chi connectivity index (χ1n) is 6.09. The fraction of sp³-hybridized carbons (Fsp3) is 0.462. The van der Waals surface area contributed by atoms with Crippen LogP contribution in [0.3, 0.4) is 0 Å². The Morgan fingerprint density at radius 3 is 3.00 bits per heavy atom. The van der Waals surface area contributed by atoms with Crippen molar-refractivity contribution in [3.63, 3.8) is 0 Å². The normalized spacial score (nSPS) is 18.9. The molecule has 3 nitrogen and oxygen atoms in total. The lowest BCUT2D eigenvalue weighted by molar-refractivity contribution is -0.120. The topological polar surface area (TPSA) is 41.1 Å². The van der Waals surface area contributed by atoms with Crippen LogP contribution < -0.4 is 10.6 Å². The van der Waals surface area contributed by atoms with Gasteiger partial charge in [-0.1, -0.05) is 0 Å². The summed E-state index contributed by atoms with van der Waals surface area (Å²) in [5.74, 6) is -1.37. The SMILES string of the molecule is O=C(Cc1cc(F)ccc1F)NCC1CCCN1. The lowest BCUT2D eigenvalue weighted by Gasteiger charge is -2.11. The van der Waals surface area contributed by atoms with Gasteiger partial charge in [0.25, 0.3) is 0 Å². The second-order valence-corrected chi connectivity index (χ2v) is 4.51. The molecule has 98 valence electrons. The molecular formula is C13H16F2N2O. The largest absolute Gasteiger partial charge is 0.354 e. The summed E-state index contributed by atoms with van der Waals surface area (Å²) >= 11 is 0. The Kier molecular flexibility index (Phi) is 4.25. The van der Waals surface area contributed by atoms with Gasteiger partial charge in [-0.2, -0.15) is 0 Å². The predicted octanol–water partition coefficient (Wildman–Crippen LogP) is 1.38. The molecule has 5 heteroatoms. The van der Waals surface area contributed by atoms with Gasteiger partial charge in [-0.05, 0) is 37.6 Å². The smallest absolute Gasteiger partial charge is 0.224 e. The lowest BCUT2D eigenvalue weighted by atomic mass is 10.1. The van der Waals surface area contributed by atoms with Crippen LogP contribution in [0.4, 0.5) is 8.78 Å². The Morgan fingerprint density at radius 1 is 1.44 bits per heavy atom. The van der Waals surface area contributed by atoms with E-state index >= 15 is 0 Å². The first kappa shape index (κ1) is 13.0. The predicted molar refractivity (Wildman–Crippen MR) is 64.1 cm³/mol. The van der Waals surface area contributed by atoms with Crippen molar-refractivity contribution in [2.75, 3.05) is 13.1 Å². The number of carbonyl (C=O) groups is 1. The minimum absolute atomic E-state index is 0.0897. The van der Waals surface area contributed by atoms with Crippen molar-refractivity contribution in [1.29, 1.82) is 0 Å². The quantitative estimate of drug-likeness (QED) is 0.852. The van der Waals surface area contributed by atoms with Crippen molar-refractivity contribution in [1.82, 2.24) is 10.6 Å². The van der Waals surface area contributed by atoms with Crippen LogP contribution in [-0.2, 0) is 11.2 Å².